The van der Waals surface area contributed by atoms with Crippen LogP contribution in [0.15, 0.2) is 41.0 Å². The van der Waals surface area contributed by atoms with Crippen molar-refractivity contribution < 1.29 is 4.79 Å². The Kier molecular flexibility index (Phi) is 3.44. The minimum atomic E-state index is -0.0796. The number of rotatable bonds is 1. The number of amides is 1. The van der Waals surface area contributed by atoms with Gasteiger partial charge in [-0.15, -0.1) is 0 Å². The van der Waals surface area contributed by atoms with Gasteiger partial charge in [0.05, 0.1) is 0 Å². The maximum Gasteiger partial charge on any atom is 0.276 e. The second-order valence-electron chi connectivity index (χ2n) is 4.77. The first kappa shape index (κ1) is 13.1. The van der Waals surface area contributed by atoms with Gasteiger partial charge in [0.15, 0.2) is 0 Å². The van der Waals surface area contributed by atoms with E-state index in [4.69, 9.17) is 5.73 Å². The van der Waals surface area contributed by atoms with Gasteiger partial charge in [-0.3, -0.25) is 4.79 Å². The maximum absolute atomic E-state index is 12.6. The van der Waals surface area contributed by atoms with Gasteiger partial charge in [-0.25, -0.2) is 4.98 Å². The maximum atomic E-state index is 12.6. The standard InChI is InChI=1S/C15H14BrN3O/c16-10-6-7-13(18-9-10)15(20)19-8-2-3-11-12(17)4-1-5-14(11)19/h1,4-7,9H,2-3,8,17H2. The number of nitrogens with zero attached hydrogens (tertiary/aromatic N) is 2. The molecule has 0 radical (unpaired) electrons. The van der Waals surface area contributed by atoms with E-state index in [9.17, 15) is 4.79 Å². The fraction of sp³-hybridized carbons (Fsp3) is 0.200. The summed E-state index contributed by atoms with van der Waals surface area (Å²) in [6.07, 6.45) is 3.47. The molecule has 0 unspecified atom stereocenters. The highest BCUT2D eigenvalue weighted by Gasteiger charge is 2.25. The highest BCUT2D eigenvalue weighted by molar-refractivity contribution is 9.10. The number of benzene rings is 1. The quantitative estimate of drug-likeness (QED) is 0.817. The smallest absolute Gasteiger partial charge is 0.276 e. The zero-order valence-electron chi connectivity index (χ0n) is 10.8. The van der Waals surface area contributed by atoms with Gasteiger partial charge in [-0.1, -0.05) is 6.07 Å². The lowest BCUT2D eigenvalue weighted by Gasteiger charge is -2.30. The molecule has 2 N–H and O–H groups in total. The molecule has 1 amide bonds. The van der Waals surface area contributed by atoms with E-state index in [1.54, 1.807) is 17.2 Å². The van der Waals surface area contributed by atoms with E-state index in [0.29, 0.717) is 12.2 Å². The van der Waals surface area contributed by atoms with Crippen LogP contribution in [0.4, 0.5) is 11.4 Å². The molecule has 5 heteroatoms. The third-order valence-corrected chi connectivity index (χ3v) is 3.95. The molecular weight excluding hydrogens is 318 g/mol. The van der Waals surface area contributed by atoms with Crippen LogP contribution >= 0.6 is 15.9 Å². The summed E-state index contributed by atoms with van der Waals surface area (Å²) >= 11 is 3.32. The van der Waals surface area contributed by atoms with E-state index >= 15 is 0 Å². The lowest BCUT2D eigenvalue weighted by atomic mass is 9.99. The van der Waals surface area contributed by atoms with Crippen molar-refractivity contribution in [3.8, 4) is 0 Å². The van der Waals surface area contributed by atoms with Crippen LogP contribution in [0.2, 0.25) is 0 Å². The number of anilines is 2. The number of fused-ring (bicyclic) bond motifs is 1. The van der Waals surface area contributed by atoms with E-state index in [2.05, 4.69) is 20.9 Å². The highest BCUT2D eigenvalue weighted by atomic mass is 79.9. The van der Waals surface area contributed by atoms with Crippen molar-refractivity contribution in [2.45, 2.75) is 12.8 Å². The van der Waals surface area contributed by atoms with Gasteiger partial charge in [0.2, 0.25) is 0 Å². The molecule has 0 atom stereocenters. The Hall–Kier alpha value is -1.88. The molecule has 1 aromatic heterocycles. The molecule has 4 nitrogen and oxygen atoms in total. The third kappa shape index (κ3) is 2.29. The molecule has 102 valence electrons. The number of halogens is 1. The van der Waals surface area contributed by atoms with Gasteiger partial charge in [0, 0.05) is 28.6 Å². The number of nitrogens with two attached hydrogens (primary N) is 1. The van der Waals surface area contributed by atoms with Crippen molar-refractivity contribution in [1.82, 2.24) is 4.98 Å². The summed E-state index contributed by atoms with van der Waals surface area (Å²) in [5.41, 5.74) is 9.17. The fourth-order valence-electron chi connectivity index (χ4n) is 2.50. The number of hydrogen-bond donors (Lipinski definition) is 1. The van der Waals surface area contributed by atoms with Crippen molar-refractivity contribution in [2.75, 3.05) is 17.2 Å². The number of carbonyl (C=O) groups is 1. The summed E-state index contributed by atoms with van der Waals surface area (Å²) in [6.45, 7) is 0.701. The monoisotopic (exact) mass is 331 g/mol. The molecule has 2 heterocycles. The Balaban J connectivity index is 1.98. The van der Waals surface area contributed by atoms with Crippen LogP contribution in [-0.4, -0.2) is 17.4 Å². The average Bonchev–Trinajstić information content (AvgIpc) is 2.47. The number of hydrogen-bond acceptors (Lipinski definition) is 3. The van der Waals surface area contributed by atoms with Crippen LogP contribution in [0.1, 0.15) is 22.5 Å². The lowest BCUT2D eigenvalue weighted by molar-refractivity contribution is 0.0980. The molecule has 2 aromatic rings. The second kappa shape index (κ2) is 5.25. The van der Waals surface area contributed by atoms with Crippen molar-refractivity contribution >= 4 is 33.2 Å². The first-order chi connectivity index (χ1) is 9.66. The van der Waals surface area contributed by atoms with E-state index < -0.39 is 0 Å². The van der Waals surface area contributed by atoms with E-state index in [-0.39, 0.29) is 5.91 Å². The van der Waals surface area contributed by atoms with Gasteiger partial charge in [-0.2, -0.15) is 0 Å². The van der Waals surface area contributed by atoms with Gasteiger partial charge >= 0.3 is 0 Å². The highest BCUT2D eigenvalue weighted by Crippen LogP contribution is 2.32. The largest absolute Gasteiger partial charge is 0.398 e. The zero-order chi connectivity index (χ0) is 14.1. The van der Waals surface area contributed by atoms with Crippen LogP contribution in [0.5, 0.6) is 0 Å². The van der Waals surface area contributed by atoms with Gasteiger partial charge in [0.25, 0.3) is 5.91 Å². The van der Waals surface area contributed by atoms with E-state index in [0.717, 1.165) is 34.3 Å². The number of pyridine rings is 1. The van der Waals surface area contributed by atoms with Crippen molar-refractivity contribution in [1.29, 1.82) is 0 Å². The van der Waals surface area contributed by atoms with Crippen molar-refractivity contribution in [3.05, 3.63) is 52.3 Å². The van der Waals surface area contributed by atoms with Crippen molar-refractivity contribution in [3.63, 3.8) is 0 Å². The van der Waals surface area contributed by atoms with E-state index in [1.807, 2.05) is 24.3 Å². The summed E-state index contributed by atoms with van der Waals surface area (Å²) in [6, 6.07) is 9.26. The Morgan fingerprint density at radius 2 is 2.15 bits per heavy atom. The lowest BCUT2D eigenvalue weighted by Crippen LogP contribution is -2.36. The Morgan fingerprint density at radius 3 is 2.90 bits per heavy atom. The third-order valence-electron chi connectivity index (χ3n) is 3.48. The summed E-state index contributed by atoms with van der Waals surface area (Å²) < 4.78 is 0.859. The second-order valence-corrected chi connectivity index (χ2v) is 5.68. The van der Waals surface area contributed by atoms with Crippen LogP contribution in [-0.2, 0) is 6.42 Å². The van der Waals surface area contributed by atoms with Crippen molar-refractivity contribution in [2.24, 2.45) is 0 Å². The molecule has 3 rings (SSSR count). The molecule has 0 bridgehead atoms. The molecule has 0 fully saturated rings. The fourth-order valence-corrected chi connectivity index (χ4v) is 2.74. The predicted octanol–water partition coefficient (Wildman–Crippen LogP) is 3.02. The SMILES string of the molecule is Nc1cccc2c1CCCN2C(=O)c1ccc(Br)cn1. The minimum absolute atomic E-state index is 0.0796. The van der Waals surface area contributed by atoms with Gasteiger partial charge in [-0.05, 0) is 58.6 Å². The molecule has 1 aromatic carbocycles. The van der Waals surface area contributed by atoms with Crippen LogP contribution in [0, 0.1) is 0 Å². The minimum Gasteiger partial charge on any atom is -0.398 e. The van der Waals surface area contributed by atoms with Crippen LogP contribution in [0.25, 0.3) is 0 Å². The average molecular weight is 332 g/mol. The predicted molar refractivity (Wildman–Crippen MR) is 82.8 cm³/mol. The summed E-state index contributed by atoms with van der Waals surface area (Å²) in [4.78, 5) is 18.5. The number of carbonyl (C=O) groups excluding carboxylic acids is 1. The molecule has 0 saturated carbocycles. The summed E-state index contributed by atoms with van der Waals surface area (Å²) in [5, 5.41) is 0. The molecule has 20 heavy (non-hydrogen) atoms. The van der Waals surface area contributed by atoms with Gasteiger partial charge < -0.3 is 10.6 Å². The first-order valence-electron chi connectivity index (χ1n) is 6.47. The van der Waals surface area contributed by atoms with E-state index in [1.165, 1.54) is 0 Å². The normalized spacial score (nSPS) is 13.9. The Labute approximate surface area is 125 Å². The molecule has 0 saturated heterocycles. The Bertz CT molecular complexity index is 655. The zero-order valence-corrected chi connectivity index (χ0v) is 12.4. The number of nitrogen functional groups attached to an aromatic ring is 1. The molecule has 0 spiro atoms. The first-order valence-corrected chi connectivity index (χ1v) is 7.27. The molecular formula is C15H14BrN3O. The molecule has 1 aliphatic rings. The molecule has 0 aliphatic carbocycles. The summed E-state index contributed by atoms with van der Waals surface area (Å²) in [7, 11) is 0. The summed E-state index contributed by atoms with van der Waals surface area (Å²) in [5.74, 6) is -0.0796. The van der Waals surface area contributed by atoms with Gasteiger partial charge in [0.1, 0.15) is 5.69 Å². The topological polar surface area (TPSA) is 59.2 Å². The van der Waals surface area contributed by atoms with Crippen LogP contribution in [0.3, 0.4) is 0 Å². The Morgan fingerprint density at radius 1 is 1.30 bits per heavy atom. The number of aromatic nitrogens is 1. The molecule has 1 aliphatic heterocycles. The van der Waals surface area contributed by atoms with Crippen LogP contribution < -0.4 is 10.6 Å².